The molecule has 2 rings (SSSR count). The van der Waals surface area contributed by atoms with E-state index in [1.165, 1.54) is 12.1 Å². The van der Waals surface area contributed by atoms with Crippen LogP contribution in [0.15, 0.2) is 42.5 Å². The number of amides is 1. The topological polar surface area (TPSA) is 55.1 Å². The highest BCUT2D eigenvalue weighted by Gasteiger charge is 2.07. The quantitative estimate of drug-likeness (QED) is 0.899. The Morgan fingerprint density at radius 3 is 2.45 bits per heavy atom. The summed E-state index contributed by atoms with van der Waals surface area (Å²) in [4.78, 5) is 12.0. The van der Waals surface area contributed by atoms with E-state index in [1.807, 2.05) is 25.1 Å². The minimum Gasteiger partial charge on any atom is -0.326 e. The van der Waals surface area contributed by atoms with Gasteiger partial charge in [-0.15, -0.1) is 0 Å². The monoisotopic (exact) mass is 272 g/mol. The zero-order valence-corrected chi connectivity index (χ0v) is 11.3. The molecule has 0 aliphatic rings. The van der Waals surface area contributed by atoms with E-state index in [-0.39, 0.29) is 18.1 Å². The molecule has 104 valence electrons. The van der Waals surface area contributed by atoms with E-state index in [2.05, 4.69) is 5.32 Å². The number of nitrogens with two attached hydrogens (primary N) is 1. The molecule has 0 saturated heterocycles. The van der Waals surface area contributed by atoms with Gasteiger partial charge in [-0.05, 0) is 41.8 Å². The number of hydrogen-bond acceptors (Lipinski definition) is 2. The first-order valence-corrected chi connectivity index (χ1v) is 6.42. The van der Waals surface area contributed by atoms with Crippen molar-refractivity contribution in [3.05, 3.63) is 65.0 Å². The van der Waals surface area contributed by atoms with Gasteiger partial charge in [0.25, 0.3) is 0 Å². The maximum atomic E-state index is 12.8. The Morgan fingerprint density at radius 2 is 1.80 bits per heavy atom. The Bertz CT molecular complexity index is 608. The van der Waals surface area contributed by atoms with Crippen LogP contribution in [-0.2, 0) is 17.8 Å². The summed E-state index contributed by atoms with van der Waals surface area (Å²) in [5, 5.41) is 2.86. The molecule has 0 aromatic heterocycles. The third-order valence-corrected chi connectivity index (χ3v) is 3.09. The largest absolute Gasteiger partial charge is 0.326 e. The molecule has 0 unspecified atom stereocenters. The molecule has 1 amide bonds. The van der Waals surface area contributed by atoms with Gasteiger partial charge in [0.05, 0.1) is 6.42 Å². The van der Waals surface area contributed by atoms with Gasteiger partial charge in [0.15, 0.2) is 0 Å². The molecule has 3 N–H and O–H groups in total. The van der Waals surface area contributed by atoms with Gasteiger partial charge in [0, 0.05) is 12.2 Å². The van der Waals surface area contributed by atoms with Crippen molar-refractivity contribution in [1.29, 1.82) is 0 Å². The van der Waals surface area contributed by atoms with E-state index >= 15 is 0 Å². The highest BCUT2D eigenvalue weighted by atomic mass is 19.1. The Balaban J connectivity index is 2.06. The molecule has 2 aromatic carbocycles. The molecule has 0 spiro atoms. The summed E-state index contributed by atoms with van der Waals surface area (Å²) < 4.78 is 12.8. The molecule has 0 aliphatic heterocycles. The average molecular weight is 272 g/mol. The van der Waals surface area contributed by atoms with Crippen molar-refractivity contribution >= 4 is 11.6 Å². The van der Waals surface area contributed by atoms with Crippen LogP contribution in [0.4, 0.5) is 10.1 Å². The zero-order valence-electron chi connectivity index (χ0n) is 11.3. The lowest BCUT2D eigenvalue weighted by Crippen LogP contribution is -2.15. The van der Waals surface area contributed by atoms with Crippen LogP contribution in [0.5, 0.6) is 0 Å². The fourth-order valence-corrected chi connectivity index (χ4v) is 1.91. The SMILES string of the molecule is Cc1ccc(CN)cc1NC(=O)Cc1ccc(F)cc1. The van der Waals surface area contributed by atoms with Gasteiger partial charge in [-0.25, -0.2) is 4.39 Å². The standard InChI is InChI=1S/C16H17FN2O/c1-11-2-3-13(10-18)8-15(11)19-16(20)9-12-4-6-14(17)7-5-12/h2-8H,9-10,18H2,1H3,(H,19,20). The smallest absolute Gasteiger partial charge is 0.228 e. The molecule has 2 aromatic rings. The summed E-state index contributed by atoms with van der Waals surface area (Å²) in [5.74, 6) is -0.436. The second kappa shape index (κ2) is 6.30. The molecule has 0 aliphatic carbocycles. The zero-order chi connectivity index (χ0) is 14.5. The van der Waals surface area contributed by atoms with Crippen LogP contribution in [0.25, 0.3) is 0 Å². The fraction of sp³-hybridized carbons (Fsp3) is 0.188. The van der Waals surface area contributed by atoms with Gasteiger partial charge < -0.3 is 11.1 Å². The molecule has 0 fully saturated rings. The van der Waals surface area contributed by atoms with Crippen molar-refractivity contribution in [3.8, 4) is 0 Å². The van der Waals surface area contributed by atoms with E-state index in [0.717, 1.165) is 22.4 Å². The summed E-state index contributed by atoms with van der Waals surface area (Å²) in [6, 6.07) is 11.7. The van der Waals surface area contributed by atoms with Crippen LogP contribution < -0.4 is 11.1 Å². The third-order valence-electron chi connectivity index (χ3n) is 3.09. The van der Waals surface area contributed by atoms with Crippen molar-refractivity contribution in [2.24, 2.45) is 5.73 Å². The predicted octanol–water partition coefficient (Wildman–Crippen LogP) is 2.77. The van der Waals surface area contributed by atoms with Crippen LogP contribution in [0, 0.1) is 12.7 Å². The van der Waals surface area contributed by atoms with Crippen molar-refractivity contribution in [1.82, 2.24) is 0 Å². The van der Waals surface area contributed by atoms with E-state index in [4.69, 9.17) is 5.73 Å². The van der Waals surface area contributed by atoms with Crippen molar-refractivity contribution in [2.75, 3.05) is 5.32 Å². The summed E-state index contributed by atoms with van der Waals surface area (Å²) in [6.45, 7) is 2.36. The minimum absolute atomic E-state index is 0.131. The molecule has 0 atom stereocenters. The Morgan fingerprint density at radius 1 is 1.15 bits per heavy atom. The number of carbonyl (C=O) groups excluding carboxylic acids is 1. The van der Waals surface area contributed by atoms with E-state index in [1.54, 1.807) is 12.1 Å². The summed E-state index contributed by atoms with van der Waals surface area (Å²) in [7, 11) is 0. The second-order valence-corrected chi connectivity index (χ2v) is 4.70. The van der Waals surface area contributed by atoms with E-state index < -0.39 is 0 Å². The highest BCUT2D eigenvalue weighted by molar-refractivity contribution is 5.93. The van der Waals surface area contributed by atoms with Gasteiger partial charge in [0.2, 0.25) is 5.91 Å². The van der Waals surface area contributed by atoms with Crippen LogP contribution in [-0.4, -0.2) is 5.91 Å². The first-order chi connectivity index (χ1) is 9.58. The lowest BCUT2D eigenvalue weighted by atomic mass is 10.1. The van der Waals surface area contributed by atoms with Crippen molar-refractivity contribution in [3.63, 3.8) is 0 Å². The number of benzene rings is 2. The maximum Gasteiger partial charge on any atom is 0.228 e. The van der Waals surface area contributed by atoms with Crippen LogP contribution in [0.2, 0.25) is 0 Å². The number of hydrogen-bond donors (Lipinski definition) is 2. The number of halogens is 1. The fourth-order valence-electron chi connectivity index (χ4n) is 1.91. The van der Waals surface area contributed by atoms with Gasteiger partial charge >= 0.3 is 0 Å². The summed E-state index contributed by atoms with van der Waals surface area (Å²) in [5.41, 5.74) is 9.07. The number of carbonyl (C=O) groups is 1. The lowest BCUT2D eigenvalue weighted by Gasteiger charge is -2.10. The number of aryl methyl sites for hydroxylation is 1. The van der Waals surface area contributed by atoms with Gasteiger partial charge in [-0.3, -0.25) is 4.79 Å². The molecular formula is C16H17FN2O. The number of rotatable bonds is 4. The lowest BCUT2D eigenvalue weighted by molar-refractivity contribution is -0.115. The molecule has 0 radical (unpaired) electrons. The minimum atomic E-state index is -0.305. The summed E-state index contributed by atoms with van der Waals surface area (Å²) >= 11 is 0. The molecule has 0 heterocycles. The Labute approximate surface area is 117 Å². The highest BCUT2D eigenvalue weighted by Crippen LogP contribution is 2.17. The molecule has 4 heteroatoms. The van der Waals surface area contributed by atoms with Crippen molar-refractivity contribution in [2.45, 2.75) is 19.9 Å². The third kappa shape index (κ3) is 3.65. The van der Waals surface area contributed by atoms with Crippen molar-refractivity contribution < 1.29 is 9.18 Å². The molecule has 3 nitrogen and oxygen atoms in total. The van der Waals surface area contributed by atoms with E-state index in [0.29, 0.717) is 6.54 Å². The molecule has 0 bridgehead atoms. The first-order valence-electron chi connectivity index (χ1n) is 6.42. The maximum absolute atomic E-state index is 12.8. The van der Waals surface area contributed by atoms with Gasteiger partial charge in [-0.2, -0.15) is 0 Å². The van der Waals surface area contributed by atoms with Gasteiger partial charge in [-0.1, -0.05) is 24.3 Å². The average Bonchev–Trinajstić information content (AvgIpc) is 2.44. The van der Waals surface area contributed by atoms with Crippen LogP contribution in [0.3, 0.4) is 0 Å². The first kappa shape index (κ1) is 14.2. The van der Waals surface area contributed by atoms with Gasteiger partial charge in [0.1, 0.15) is 5.82 Å². The Kier molecular flexibility index (Phi) is 4.48. The normalized spacial score (nSPS) is 10.3. The predicted molar refractivity (Wildman–Crippen MR) is 77.8 cm³/mol. The Hall–Kier alpha value is -2.20. The number of nitrogens with one attached hydrogen (secondary N) is 1. The number of anilines is 1. The summed E-state index contributed by atoms with van der Waals surface area (Å²) in [6.07, 6.45) is 0.215. The molecular weight excluding hydrogens is 255 g/mol. The molecule has 20 heavy (non-hydrogen) atoms. The van der Waals surface area contributed by atoms with E-state index in [9.17, 15) is 9.18 Å². The second-order valence-electron chi connectivity index (χ2n) is 4.70. The van der Waals surface area contributed by atoms with Crippen LogP contribution >= 0.6 is 0 Å². The van der Waals surface area contributed by atoms with Crippen LogP contribution in [0.1, 0.15) is 16.7 Å². The molecule has 0 saturated carbocycles.